The summed E-state index contributed by atoms with van der Waals surface area (Å²) in [4.78, 5) is 75.1. The van der Waals surface area contributed by atoms with Gasteiger partial charge in [0.2, 0.25) is 17.8 Å². The molecule has 2 aromatic carbocycles. The Morgan fingerprint density at radius 1 is 1.00 bits per heavy atom. The van der Waals surface area contributed by atoms with Crippen LogP contribution < -0.4 is 26.0 Å². The van der Waals surface area contributed by atoms with Gasteiger partial charge in [-0.1, -0.05) is 35.9 Å². The summed E-state index contributed by atoms with van der Waals surface area (Å²) in [7, 11) is 3.29. The predicted octanol–water partition coefficient (Wildman–Crippen LogP) is 7.87. The van der Waals surface area contributed by atoms with Crippen molar-refractivity contribution in [3.05, 3.63) is 76.0 Å². The highest BCUT2D eigenvalue weighted by molar-refractivity contribution is 8.00. The highest BCUT2D eigenvalue weighted by Gasteiger charge is 2.54. The number of methoxy groups -OCH3 is 1. The quantitative estimate of drug-likeness (QED) is 0.0712. The van der Waals surface area contributed by atoms with Gasteiger partial charge in [0.1, 0.15) is 28.7 Å². The fourth-order valence-corrected chi connectivity index (χ4v) is 11.9. The van der Waals surface area contributed by atoms with Crippen LogP contribution in [0.5, 0.6) is 5.75 Å². The summed E-state index contributed by atoms with van der Waals surface area (Å²) in [5, 5.41) is 12.4. The van der Waals surface area contributed by atoms with E-state index in [2.05, 4.69) is 41.1 Å². The Balaban J connectivity index is 0.796. The highest BCUT2D eigenvalue weighted by atomic mass is 35.5. The maximum atomic E-state index is 15.1. The van der Waals surface area contributed by atoms with Gasteiger partial charge >= 0.3 is 0 Å². The normalized spacial score (nSPS) is 19.2. The molecular weight excluding hydrogens is 939 g/mol. The largest absolute Gasteiger partial charge is 0.495 e. The molecule has 4 aliphatic rings. The topological polar surface area (TPSA) is 174 Å². The van der Waals surface area contributed by atoms with Crippen LogP contribution in [0.4, 0.5) is 21.8 Å². The van der Waals surface area contributed by atoms with Crippen LogP contribution in [0.25, 0.3) is 10.4 Å². The number of hydrogen-bond acceptors (Lipinski definition) is 13. The van der Waals surface area contributed by atoms with E-state index in [1.807, 2.05) is 55.4 Å². The van der Waals surface area contributed by atoms with Crippen LogP contribution in [0, 0.1) is 12.3 Å². The lowest BCUT2D eigenvalue weighted by atomic mass is 9.71. The molecule has 15 nitrogen and oxygen atoms in total. The Hall–Kier alpha value is -5.04. The number of aryl methyl sites for hydroxylation is 1. The number of carbonyl (C=O) groups is 4. The Morgan fingerprint density at radius 3 is 2.39 bits per heavy atom. The van der Waals surface area contributed by atoms with Crippen LogP contribution in [0.1, 0.15) is 93.3 Å². The second-order valence-corrected chi connectivity index (χ2v) is 22.4. The standard InChI is InChI=1S/C50H64ClFN10O5S2/c1-32-40(68-31-56-32)34-11-9-33(10-12-34)29-54-43(63)38-8-6-22-62(38)45(65)41(58-46(66)50(52)15-16-50)48(2,3)69-27-7-21-60-23-17-49(18-24-60)19-25-61(26-20-49)44(64)35-13-14-37(39(28-35)67-5)57-47-55-30-36(51)42(53-4)59-47/h9-14,28,30-31,38,41H,6-8,15-27,29H2,1-5H3,(H,54,63)(H,58,66)(H2,53,55,57,59). The molecule has 19 heteroatoms. The highest BCUT2D eigenvalue weighted by Crippen LogP contribution is 2.43. The third kappa shape index (κ3) is 11.8. The van der Waals surface area contributed by atoms with Crippen molar-refractivity contribution in [1.29, 1.82) is 0 Å². The molecule has 0 radical (unpaired) electrons. The predicted molar refractivity (Wildman–Crippen MR) is 271 cm³/mol. The van der Waals surface area contributed by atoms with Gasteiger partial charge < -0.3 is 40.7 Å². The molecule has 4 fully saturated rings. The van der Waals surface area contributed by atoms with Crippen LogP contribution in [-0.4, -0.2) is 135 Å². The third-order valence-electron chi connectivity index (χ3n) is 14.4. The zero-order valence-corrected chi connectivity index (χ0v) is 42.6. The smallest absolute Gasteiger partial charge is 0.258 e. The lowest BCUT2D eigenvalue weighted by Crippen LogP contribution is -2.61. The average Bonchev–Trinajstić information content (AvgIpc) is 3.68. The fourth-order valence-electron chi connectivity index (χ4n) is 9.73. The van der Waals surface area contributed by atoms with Crippen molar-refractivity contribution in [2.45, 2.75) is 108 Å². The average molecular weight is 1000 g/mol. The van der Waals surface area contributed by atoms with E-state index >= 15 is 4.39 Å². The van der Waals surface area contributed by atoms with Gasteiger partial charge in [0.15, 0.2) is 5.67 Å². The van der Waals surface area contributed by atoms with Crippen molar-refractivity contribution >= 4 is 75.8 Å². The second-order valence-electron chi connectivity index (χ2n) is 19.4. The summed E-state index contributed by atoms with van der Waals surface area (Å²) in [6.07, 6.45) is 7.91. The number of ether oxygens (including phenoxy) is 1. The van der Waals surface area contributed by atoms with Crippen molar-refractivity contribution < 1.29 is 28.3 Å². The number of rotatable bonds is 18. The van der Waals surface area contributed by atoms with E-state index < -0.39 is 28.4 Å². The molecule has 3 saturated heterocycles. The van der Waals surface area contributed by atoms with Gasteiger partial charge in [0, 0.05) is 43.5 Å². The Morgan fingerprint density at radius 2 is 1.72 bits per heavy atom. The number of carbonyl (C=O) groups excluding carboxylic acids is 4. The van der Waals surface area contributed by atoms with Gasteiger partial charge in [-0.25, -0.2) is 14.4 Å². The maximum absolute atomic E-state index is 15.1. The molecule has 1 saturated carbocycles. The number of benzene rings is 2. The summed E-state index contributed by atoms with van der Waals surface area (Å²) in [5.74, 6) is 0.731. The van der Waals surface area contributed by atoms with Crippen molar-refractivity contribution in [3.63, 3.8) is 0 Å². The molecule has 8 rings (SSSR count). The number of nitrogens with zero attached hydrogens (tertiary/aromatic N) is 6. The molecule has 1 spiro atoms. The molecule has 2 aromatic heterocycles. The lowest BCUT2D eigenvalue weighted by Gasteiger charge is -2.47. The third-order valence-corrected chi connectivity index (χ3v) is 17.1. The molecule has 0 bridgehead atoms. The van der Waals surface area contributed by atoms with Crippen molar-refractivity contribution in [1.82, 2.24) is 40.3 Å². The number of anilines is 3. The minimum atomic E-state index is -1.95. The van der Waals surface area contributed by atoms with Gasteiger partial charge in [-0.3, -0.25) is 19.2 Å². The van der Waals surface area contributed by atoms with Crippen LogP contribution in [0.15, 0.2) is 54.2 Å². The van der Waals surface area contributed by atoms with Gasteiger partial charge in [0.25, 0.3) is 11.8 Å². The first-order chi connectivity index (χ1) is 33.1. The first kappa shape index (κ1) is 50.4. The van der Waals surface area contributed by atoms with Crippen molar-refractivity contribution in [2.75, 3.05) is 69.8 Å². The SMILES string of the molecule is CNc1nc(Nc2ccc(C(=O)N3CCC4(CCN(CCCSC(C)(C)C(NC(=O)C5(F)CC5)C(=O)N5CCCC5C(=O)NCc5ccc(-c6scnc6C)cc5)CC4)CC3)cc2OC)ncc1Cl. The van der Waals surface area contributed by atoms with E-state index in [1.54, 1.807) is 60.4 Å². The zero-order chi connectivity index (χ0) is 48.9. The first-order valence-electron chi connectivity index (χ1n) is 24.0. The molecule has 4 N–H and O–H groups in total. The number of thioether (sulfide) groups is 1. The van der Waals surface area contributed by atoms with E-state index in [9.17, 15) is 19.2 Å². The number of alkyl halides is 1. The van der Waals surface area contributed by atoms with Crippen LogP contribution in [-0.2, 0) is 20.9 Å². The molecule has 370 valence electrons. The van der Waals surface area contributed by atoms with Crippen LogP contribution >= 0.6 is 34.7 Å². The number of piperidine rings is 2. The first-order valence-corrected chi connectivity index (χ1v) is 26.2. The molecule has 69 heavy (non-hydrogen) atoms. The summed E-state index contributed by atoms with van der Waals surface area (Å²) < 4.78 is 20.0. The number of hydrogen-bond donors (Lipinski definition) is 4. The molecule has 2 unspecified atom stereocenters. The van der Waals surface area contributed by atoms with E-state index in [-0.39, 0.29) is 36.0 Å². The minimum absolute atomic E-state index is 0.0185. The van der Waals surface area contributed by atoms with Gasteiger partial charge in [-0.05, 0) is 139 Å². The minimum Gasteiger partial charge on any atom is -0.495 e. The van der Waals surface area contributed by atoms with E-state index in [4.69, 9.17) is 16.3 Å². The van der Waals surface area contributed by atoms with E-state index in [0.29, 0.717) is 72.8 Å². The summed E-state index contributed by atoms with van der Waals surface area (Å²) in [6, 6.07) is 11.7. The fraction of sp³-hybridized carbons (Fsp3) is 0.540. The summed E-state index contributed by atoms with van der Waals surface area (Å²) >= 11 is 9.34. The van der Waals surface area contributed by atoms with Gasteiger partial charge in [-0.15, -0.1) is 11.3 Å². The molecule has 2 atom stereocenters. The monoisotopic (exact) mass is 1000 g/mol. The molecule has 4 amide bonds. The van der Waals surface area contributed by atoms with Gasteiger partial charge in [0.05, 0.1) is 35.1 Å². The van der Waals surface area contributed by atoms with Crippen molar-refractivity contribution in [2.24, 2.45) is 5.41 Å². The molecule has 4 aromatic rings. The lowest BCUT2D eigenvalue weighted by molar-refractivity contribution is -0.143. The Bertz CT molecular complexity index is 2490. The number of halogens is 2. The summed E-state index contributed by atoms with van der Waals surface area (Å²) in [6.45, 7) is 10.8. The second kappa shape index (κ2) is 21.5. The Labute approximate surface area is 417 Å². The van der Waals surface area contributed by atoms with Crippen molar-refractivity contribution in [3.8, 4) is 16.2 Å². The van der Waals surface area contributed by atoms with Gasteiger partial charge in [-0.2, -0.15) is 16.7 Å². The number of amides is 4. The van der Waals surface area contributed by atoms with E-state index in [0.717, 1.165) is 79.2 Å². The Kier molecular flexibility index (Phi) is 15.7. The number of thiazole rings is 1. The molecule has 5 heterocycles. The number of nitrogens with one attached hydrogen (secondary N) is 4. The molecule has 1 aliphatic carbocycles. The molecule has 3 aliphatic heterocycles. The maximum Gasteiger partial charge on any atom is 0.258 e. The van der Waals surface area contributed by atoms with Crippen LogP contribution in [0.2, 0.25) is 5.02 Å². The number of aromatic nitrogens is 3. The zero-order valence-electron chi connectivity index (χ0n) is 40.2. The van der Waals surface area contributed by atoms with E-state index in [1.165, 1.54) is 6.20 Å². The van der Waals surface area contributed by atoms with Crippen LogP contribution in [0.3, 0.4) is 0 Å². The molecular formula is C50H64ClFN10O5S2. The summed E-state index contributed by atoms with van der Waals surface area (Å²) in [5.41, 5.74) is 4.27. The number of likely N-dealkylation sites (tertiary alicyclic amines) is 3.